The second kappa shape index (κ2) is 10.2. The molecule has 1 fully saturated rings. The predicted octanol–water partition coefficient (Wildman–Crippen LogP) is 5.16. The number of likely N-dealkylation sites (tertiary alicyclic amines) is 1. The van der Waals surface area contributed by atoms with Gasteiger partial charge in [-0.15, -0.1) is 0 Å². The number of benzene rings is 2. The molecule has 2 atom stereocenters. The first-order valence-corrected chi connectivity index (χ1v) is 12.0. The molecule has 3 aromatic rings. The van der Waals surface area contributed by atoms with Crippen molar-refractivity contribution in [2.45, 2.75) is 44.4 Å². The third kappa shape index (κ3) is 5.09. The summed E-state index contributed by atoms with van der Waals surface area (Å²) in [6, 6.07) is 24.7. The van der Waals surface area contributed by atoms with Gasteiger partial charge in [0, 0.05) is 44.4 Å². The molecule has 3 heterocycles. The molecule has 1 aromatic heterocycles. The van der Waals surface area contributed by atoms with Crippen molar-refractivity contribution in [3.63, 3.8) is 0 Å². The zero-order valence-electron chi connectivity index (χ0n) is 19.0. The van der Waals surface area contributed by atoms with Crippen LogP contribution in [0, 0.1) is 0 Å². The van der Waals surface area contributed by atoms with E-state index < -0.39 is 0 Å². The lowest BCUT2D eigenvalue weighted by atomic mass is 9.98. The van der Waals surface area contributed by atoms with Crippen LogP contribution in [0.5, 0.6) is 5.75 Å². The molecule has 0 spiro atoms. The minimum Gasteiger partial charge on any atom is -0.484 e. The van der Waals surface area contributed by atoms with E-state index in [-0.39, 0.29) is 18.1 Å². The fourth-order valence-electron chi connectivity index (χ4n) is 5.00. The number of piperidine rings is 1. The Morgan fingerprint density at radius 3 is 2.64 bits per heavy atom. The van der Waals surface area contributed by atoms with Crippen molar-refractivity contribution in [3.8, 4) is 5.75 Å². The van der Waals surface area contributed by atoms with Crippen molar-refractivity contribution in [1.82, 2.24) is 14.8 Å². The maximum absolute atomic E-state index is 13.3. The molecule has 5 rings (SSSR count). The number of aromatic nitrogens is 1. The van der Waals surface area contributed by atoms with E-state index in [1.54, 1.807) is 0 Å². The Bertz CT molecular complexity index is 1060. The second-order valence-electron chi connectivity index (χ2n) is 8.96. The fourth-order valence-corrected chi connectivity index (χ4v) is 5.00. The summed E-state index contributed by atoms with van der Waals surface area (Å²) in [6.07, 6.45) is 5.48. The zero-order chi connectivity index (χ0) is 22.5. The van der Waals surface area contributed by atoms with Gasteiger partial charge in [-0.05, 0) is 43.0 Å². The number of hydrogen-bond donors (Lipinski definition) is 0. The van der Waals surface area contributed by atoms with Crippen LogP contribution >= 0.6 is 0 Å². The molecular weight excluding hydrogens is 410 g/mol. The Morgan fingerprint density at radius 2 is 1.79 bits per heavy atom. The zero-order valence-corrected chi connectivity index (χ0v) is 19.0. The quantitative estimate of drug-likeness (QED) is 0.549. The van der Waals surface area contributed by atoms with Crippen LogP contribution in [0.25, 0.3) is 0 Å². The summed E-state index contributed by atoms with van der Waals surface area (Å²) in [5.41, 5.74) is 3.34. The van der Waals surface area contributed by atoms with Gasteiger partial charge in [-0.25, -0.2) is 0 Å². The van der Waals surface area contributed by atoms with Crippen molar-refractivity contribution in [2.24, 2.45) is 0 Å². The van der Waals surface area contributed by atoms with Crippen molar-refractivity contribution in [1.29, 1.82) is 0 Å². The van der Waals surface area contributed by atoms with Crippen LogP contribution in [0.4, 0.5) is 0 Å². The van der Waals surface area contributed by atoms with Gasteiger partial charge in [0.1, 0.15) is 11.9 Å². The van der Waals surface area contributed by atoms with Crippen LogP contribution in [0.15, 0.2) is 79.0 Å². The minimum atomic E-state index is -0.0544. The normalized spacial score (nSPS) is 21.0. The van der Waals surface area contributed by atoms with E-state index in [0.717, 1.165) is 55.9 Å². The molecule has 5 heteroatoms. The number of ether oxygens (including phenoxy) is 1. The molecule has 5 nitrogen and oxygen atoms in total. The highest BCUT2D eigenvalue weighted by Crippen LogP contribution is 2.32. The molecule has 2 unspecified atom stereocenters. The van der Waals surface area contributed by atoms with Gasteiger partial charge in [0.2, 0.25) is 5.91 Å². The smallest absolute Gasteiger partial charge is 0.224 e. The van der Waals surface area contributed by atoms with Gasteiger partial charge in [0.05, 0.1) is 11.7 Å². The van der Waals surface area contributed by atoms with E-state index >= 15 is 0 Å². The summed E-state index contributed by atoms with van der Waals surface area (Å²) < 4.78 is 6.43. The predicted molar refractivity (Wildman–Crippen MR) is 129 cm³/mol. The van der Waals surface area contributed by atoms with E-state index in [4.69, 9.17) is 4.74 Å². The van der Waals surface area contributed by atoms with E-state index in [0.29, 0.717) is 13.0 Å². The highest BCUT2D eigenvalue weighted by Gasteiger charge is 2.30. The number of hydrogen-bond acceptors (Lipinski definition) is 4. The van der Waals surface area contributed by atoms with E-state index in [9.17, 15) is 4.79 Å². The Balaban J connectivity index is 1.30. The molecule has 170 valence electrons. The van der Waals surface area contributed by atoms with E-state index in [1.807, 2.05) is 42.6 Å². The summed E-state index contributed by atoms with van der Waals surface area (Å²) in [4.78, 5) is 22.3. The SMILES string of the molecule is O=C(CCN1Cc2ccccc2OC(c2ccccc2)C1)N1CCCCC1c1ccccn1. The Labute approximate surface area is 196 Å². The lowest BCUT2D eigenvalue weighted by molar-refractivity contribution is -0.135. The standard InChI is InChI=1S/C28H31N3O2/c32-28(31-18-9-7-14-25(31)24-13-6-8-17-29-24)16-19-30-20-23-12-4-5-15-26(23)33-27(21-30)22-10-2-1-3-11-22/h1-6,8,10-13,15,17,25,27H,7,9,14,16,18-21H2. The van der Waals surface area contributed by atoms with Crippen molar-refractivity contribution in [3.05, 3.63) is 95.8 Å². The van der Waals surface area contributed by atoms with Crippen LogP contribution in [-0.2, 0) is 11.3 Å². The largest absolute Gasteiger partial charge is 0.484 e. The topological polar surface area (TPSA) is 45.7 Å². The van der Waals surface area contributed by atoms with E-state index in [2.05, 4.69) is 51.2 Å². The second-order valence-corrected chi connectivity index (χ2v) is 8.96. The molecule has 0 bridgehead atoms. The summed E-state index contributed by atoms with van der Waals surface area (Å²) >= 11 is 0. The molecule has 0 aliphatic carbocycles. The number of fused-ring (bicyclic) bond motifs is 1. The third-order valence-electron chi connectivity index (χ3n) is 6.73. The first-order chi connectivity index (χ1) is 16.3. The monoisotopic (exact) mass is 441 g/mol. The molecule has 0 radical (unpaired) electrons. The molecule has 33 heavy (non-hydrogen) atoms. The highest BCUT2D eigenvalue weighted by atomic mass is 16.5. The number of pyridine rings is 1. The van der Waals surface area contributed by atoms with Crippen LogP contribution < -0.4 is 4.74 Å². The molecule has 1 saturated heterocycles. The first kappa shape index (κ1) is 21.7. The minimum absolute atomic E-state index is 0.0544. The number of para-hydroxylation sites is 1. The van der Waals surface area contributed by atoms with Crippen LogP contribution in [0.3, 0.4) is 0 Å². The molecule has 0 N–H and O–H groups in total. The number of amides is 1. The maximum Gasteiger partial charge on any atom is 0.224 e. The lowest BCUT2D eigenvalue weighted by Gasteiger charge is -2.36. The number of nitrogens with zero attached hydrogens (tertiary/aromatic N) is 3. The lowest BCUT2D eigenvalue weighted by Crippen LogP contribution is -2.40. The molecule has 1 amide bonds. The Kier molecular flexibility index (Phi) is 6.68. The summed E-state index contributed by atoms with van der Waals surface area (Å²) in [5, 5.41) is 0. The van der Waals surface area contributed by atoms with Crippen molar-refractivity contribution >= 4 is 5.91 Å². The third-order valence-corrected chi connectivity index (χ3v) is 6.73. The first-order valence-electron chi connectivity index (χ1n) is 12.0. The van der Waals surface area contributed by atoms with Crippen LogP contribution in [0.2, 0.25) is 0 Å². The van der Waals surface area contributed by atoms with E-state index in [1.165, 1.54) is 5.56 Å². The van der Waals surface area contributed by atoms with Gasteiger partial charge in [0.25, 0.3) is 0 Å². The summed E-state index contributed by atoms with van der Waals surface area (Å²) in [7, 11) is 0. The number of rotatable bonds is 5. The van der Waals surface area contributed by atoms with Crippen LogP contribution in [-0.4, -0.2) is 40.3 Å². The van der Waals surface area contributed by atoms with Gasteiger partial charge < -0.3 is 9.64 Å². The number of carbonyl (C=O) groups is 1. The van der Waals surface area contributed by atoms with Gasteiger partial charge in [-0.1, -0.05) is 54.6 Å². The molecular formula is C28H31N3O2. The molecule has 0 saturated carbocycles. The fraction of sp³-hybridized carbons (Fsp3) is 0.357. The highest BCUT2D eigenvalue weighted by molar-refractivity contribution is 5.77. The summed E-state index contributed by atoms with van der Waals surface area (Å²) in [5.74, 6) is 1.16. The molecule has 2 aromatic carbocycles. The van der Waals surface area contributed by atoms with Gasteiger partial charge >= 0.3 is 0 Å². The van der Waals surface area contributed by atoms with Crippen molar-refractivity contribution < 1.29 is 9.53 Å². The Hall–Kier alpha value is -3.18. The van der Waals surface area contributed by atoms with Gasteiger partial charge in [0.15, 0.2) is 0 Å². The molecule has 2 aliphatic heterocycles. The Morgan fingerprint density at radius 1 is 0.970 bits per heavy atom. The van der Waals surface area contributed by atoms with Gasteiger partial charge in [-0.2, -0.15) is 0 Å². The average molecular weight is 442 g/mol. The van der Waals surface area contributed by atoms with Gasteiger partial charge in [-0.3, -0.25) is 14.7 Å². The number of carbonyl (C=O) groups excluding carboxylic acids is 1. The average Bonchev–Trinajstić information content (AvgIpc) is 3.08. The van der Waals surface area contributed by atoms with Crippen molar-refractivity contribution in [2.75, 3.05) is 19.6 Å². The molecule has 2 aliphatic rings. The van der Waals surface area contributed by atoms with Crippen LogP contribution in [0.1, 0.15) is 54.6 Å². The maximum atomic E-state index is 13.3. The summed E-state index contributed by atoms with van der Waals surface area (Å²) in [6.45, 7) is 3.08.